The van der Waals surface area contributed by atoms with Gasteiger partial charge < -0.3 is 19.1 Å². The van der Waals surface area contributed by atoms with Crippen molar-refractivity contribution in [3.63, 3.8) is 0 Å². The van der Waals surface area contributed by atoms with Gasteiger partial charge in [-0.1, -0.05) is 30.3 Å². The molecular formula is C26H35NO5. The van der Waals surface area contributed by atoms with E-state index in [2.05, 4.69) is 12.1 Å². The minimum absolute atomic E-state index is 0.0777. The Morgan fingerprint density at radius 1 is 0.875 bits per heavy atom. The summed E-state index contributed by atoms with van der Waals surface area (Å²) in [5.41, 5.74) is 1.18. The van der Waals surface area contributed by atoms with Crippen LogP contribution < -0.4 is 9.47 Å². The number of ether oxygens (including phenoxy) is 3. The maximum absolute atomic E-state index is 13.4. The Hall–Kier alpha value is -3.02. The molecule has 0 aliphatic rings. The molecule has 32 heavy (non-hydrogen) atoms. The summed E-state index contributed by atoms with van der Waals surface area (Å²) in [5, 5.41) is 0. The summed E-state index contributed by atoms with van der Waals surface area (Å²) in [4.78, 5) is 27.2. The molecule has 0 aromatic heterocycles. The van der Waals surface area contributed by atoms with E-state index in [0.717, 1.165) is 12.8 Å². The summed E-state index contributed by atoms with van der Waals surface area (Å²) in [6.07, 6.45) is 3.06. The molecule has 1 amide bonds. The number of hydrogen-bond acceptors (Lipinski definition) is 5. The highest BCUT2D eigenvalue weighted by Crippen LogP contribution is 2.26. The third kappa shape index (κ3) is 7.29. The smallest absolute Gasteiger partial charge is 0.311 e. The molecule has 0 radical (unpaired) electrons. The van der Waals surface area contributed by atoms with E-state index < -0.39 is 5.41 Å². The number of nitrogens with zero attached hydrogens (tertiary/aromatic N) is 1. The zero-order valence-corrected chi connectivity index (χ0v) is 19.8. The van der Waals surface area contributed by atoms with E-state index in [4.69, 9.17) is 14.2 Å². The van der Waals surface area contributed by atoms with Gasteiger partial charge in [-0.25, -0.2) is 0 Å². The van der Waals surface area contributed by atoms with Crippen molar-refractivity contribution in [3.05, 3.63) is 59.7 Å². The molecule has 0 atom stereocenters. The van der Waals surface area contributed by atoms with E-state index in [0.29, 0.717) is 43.0 Å². The van der Waals surface area contributed by atoms with Crippen molar-refractivity contribution in [1.29, 1.82) is 0 Å². The first-order chi connectivity index (χ1) is 15.3. The quantitative estimate of drug-likeness (QED) is 0.445. The van der Waals surface area contributed by atoms with Crippen molar-refractivity contribution in [1.82, 2.24) is 4.90 Å². The number of hydrogen-bond donors (Lipinski definition) is 0. The Labute approximate surface area is 191 Å². The third-order valence-electron chi connectivity index (χ3n) is 5.59. The first kappa shape index (κ1) is 25.2. The maximum atomic E-state index is 13.4. The zero-order chi connectivity index (χ0) is 23.6. The van der Waals surface area contributed by atoms with E-state index in [-0.39, 0.29) is 11.9 Å². The Bertz CT molecular complexity index is 857. The Morgan fingerprint density at radius 3 is 2.03 bits per heavy atom. The van der Waals surface area contributed by atoms with Gasteiger partial charge in [-0.15, -0.1) is 0 Å². The predicted molar refractivity (Wildman–Crippen MR) is 125 cm³/mol. The summed E-state index contributed by atoms with van der Waals surface area (Å²) in [7, 11) is 4.53. The minimum Gasteiger partial charge on any atom is -0.497 e. The Morgan fingerprint density at radius 2 is 1.47 bits per heavy atom. The standard InChI is InChI=1S/C26H35NO5/c1-26(2,25(29)32-5)14-10-16-27(15-9-13-20-11-7-6-8-12-20)24(28)21-17-22(30-3)19-23(18-21)31-4/h6-8,11-12,17-19H,9-10,13-16H2,1-5H3. The fourth-order valence-corrected chi connectivity index (χ4v) is 3.64. The van der Waals surface area contributed by atoms with E-state index in [1.807, 2.05) is 36.9 Å². The normalized spacial score (nSPS) is 11.0. The van der Waals surface area contributed by atoms with Crippen LogP contribution in [0, 0.1) is 5.41 Å². The average molecular weight is 442 g/mol. The van der Waals surface area contributed by atoms with Crippen molar-refractivity contribution in [3.8, 4) is 11.5 Å². The summed E-state index contributed by atoms with van der Waals surface area (Å²) in [6, 6.07) is 15.4. The number of aryl methyl sites for hydroxylation is 1. The molecule has 174 valence electrons. The van der Waals surface area contributed by atoms with Gasteiger partial charge in [-0.05, 0) is 57.2 Å². The van der Waals surface area contributed by atoms with Crippen LogP contribution in [0.3, 0.4) is 0 Å². The van der Waals surface area contributed by atoms with E-state index in [1.54, 1.807) is 32.4 Å². The second-order valence-corrected chi connectivity index (χ2v) is 8.46. The lowest BCUT2D eigenvalue weighted by atomic mass is 9.88. The largest absolute Gasteiger partial charge is 0.497 e. The number of carbonyl (C=O) groups excluding carboxylic acids is 2. The highest BCUT2D eigenvalue weighted by molar-refractivity contribution is 5.95. The number of esters is 1. The number of rotatable bonds is 12. The first-order valence-corrected chi connectivity index (χ1v) is 11.0. The highest BCUT2D eigenvalue weighted by Gasteiger charge is 2.28. The van der Waals surface area contributed by atoms with Crippen molar-refractivity contribution in [2.24, 2.45) is 5.41 Å². The molecule has 0 bridgehead atoms. The molecule has 2 aromatic rings. The van der Waals surface area contributed by atoms with Crippen LogP contribution in [0.1, 0.15) is 49.0 Å². The van der Waals surface area contributed by atoms with E-state index in [1.165, 1.54) is 12.7 Å². The molecule has 0 aliphatic carbocycles. The van der Waals surface area contributed by atoms with E-state index >= 15 is 0 Å². The number of benzene rings is 2. The van der Waals surface area contributed by atoms with Gasteiger partial charge in [0.25, 0.3) is 5.91 Å². The lowest BCUT2D eigenvalue weighted by molar-refractivity contribution is -0.151. The summed E-state index contributed by atoms with van der Waals surface area (Å²) in [6.45, 7) is 4.90. The van der Waals surface area contributed by atoms with Crippen molar-refractivity contribution in [2.75, 3.05) is 34.4 Å². The lowest BCUT2D eigenvalue weighted by Crippen LogP contribution is -2.34. The average Bonchev–Trinajstić information content (AvgIpc) is 2.82. The molecule has 0 spiro atoms. The third-order valence-corrected chi connectivity index (χ3v) is 5.59. The number of amides is 1. The summed E-state index contributed by atoms with van der Waals surface area (Å²) < 4.78 is 15.6. The molecule has 6 heteroatoms. The lowest BCUT2D eigenvalue weighted by Gasteiger charge is -2.26. The summed E-state index contributed by atoms with van der Waals surface area (Å²) in [5.74, 6) is 0.829. The van der Waals surface area contributed by atoms with Crippen LogP contribution in [0.15, 0.2) is 48.5 Å². The van der Waals surface area contributed by atoms with Crippen LogP contribution in [0.4, 0.5) is 0 Å². The van der Waals surface area contributed by atoms with Crippen molar-refractivity contribution >= 4 is 11.9 Å². The molecule has 0 fully saturated rings. The molecule has 0 saturated heterocycles. The second-order valence-electron chi connectivity index (χ2n) is 8.46. The van der Waals surface area contributed by atoms with Crippen LogP contribution in [-0.2, 0) is 16.0 Å². The molecule has 0 heterocycles. The molecule has 0 unspecified atom stereocenters. The van der Waals surface area contributed by atoms with Gasteiger partial charge in [0, 0.05) is 24.7 Å². The van der Waals surface area contributed by atoms with Crippen LogP contribution in [0.2, 0.25) is 0 Å². The molecule has 0 saturated carbocycles. The topological polar surface area (TPSA) is 65.1 Å². The Balaban J connectivity index is 2.13. The van der Waals surface area contributed by atoms with Gasteiger partial charge in [0.05, 0.1) is 26.7 Å². The Kier molecular flexibility index (Phi) is 9.57. The van der Waals surface area contributed by atoms with Crippen LogP contribution in [0.5, 0.6) is 11.5 Å². The molecular weight excluding hydrogens is 406 g/mol. The van der Waals surface area contributed by atoms with Gasteiger partial charge in [0.2, 0.25) is 0 Å². The zero-order valence-electron chi connectivity index (χ0n) is 19.8. The van der Waals surface area contributed by atoms with Gasteiger partial charge in [0.1, 0.15) is 11.5 Å². The van der Waals surface area contributed by atoms with Gasteiger partial charge in [0.15, 0.2) is 0 Å². The van der Waals surface area contributed by atoms with E-state index in [9.17, 15) is 9.59 Å². The highest BCUT2D eigenvalue weighted by atomic mass is 16.5. The van der Waals surface area contributed by atoms with Gasteiger partial charge >= 0.3 is 5.97 Å². The fourth-order valence-electron chi connectivity index (χ4n) is 3.64. The van der Waals surface area contributed by atoms with Crippen LogP contribution in [-0.4, -0.2) is 51.2 Å². The second kappa shape index (κ2) is 12.1. The van der Waals surface area contributed by atoms with Crippen molar-refractivity contribution < 1.29 is 23.8 Å². The van der Waals surface area contributed by atoms with Crippen molar-refractivity contribution in [2.45, 2.75) is 39.5 Å². The van der Waals surface area contributed by atoms with Crippen LogP contribution in [0.25, 0.3) is 0 Å². The monoisotopic (exact) mass is 441 g/mol. The SMILES string of the molecule is COC(=O)C(C)(C)CCCN(CCCc1ccccc1)C(=O)c1cc(OC)cc(OC)c1. The molecule has 2 aromatic carbocycles. The van der Waals surface area contributed by atoms with Crippen LogP contribution >= 0.6 is 0 Å². The molecule has 2 rings (SSSR count). The van der Waals surface area contributed by atoms with Gasteiger partial charge in [-0.2, -0.15) is 0 Å². The van der Waals surface area contributed by atoms with Gasteiger partial charge in [-0.3, -0.25) is 9.59 Å². The molecule has 0 N–H and O–H groups in total. The molecule has 6 nitrogen and oxygen atoms in total. The number of carbonyl (C=O) groups is 2. The predicted octanol–water partition coefficient (Wildman–Crippen LogP) is 4.76. The summed E-state index contributed by atoms with van der Waals surface area (Å²) >= 11 is 0. The first-order valence-electron chi connectivity index (χ1n) is 11.0. The number of methoxy groups -OCH3 is 3. The fraction of sp³-hybridized carbons (Fsp3) is 0.462. The minimum atomic E-state index is -0.591. The molecule has 0 aliphatic heterocycles. The maximum Gasteiger partial charge on any atom is 0.311 e.